The van der Waals surface area contributed by atoms with E-state index in [0.29, 0.717) is 12.0 Å². The third-order valence-electron chi connectivity index (χ3n) is 5.47. The topological polar surface area (TPSA) is 76.0 Å². The Kier molecular flexibility index (Phi) is 6.62. The Balaban J connectivity index is 2.01. The zero-order valence-corrected chi connectivity index (χ0v) is 17.3. The third kappa shape index (κ3) is 4.57. The fourth-order valence-electron chi connectivity index (χ4n) is 3.72. The molecule has 0 aliphatic heterocycles. The van der Waals surface area contributed by atoms with Crippen LogP contribution in [0.4, 0.5) is 0 Å². The number of methoxy groups -OCH3 is 2. The predicted octanol–water partition coefficient (Wildman–Crippen LogP) is 5.43. The van der Waals surface area contributed by atoms with Crippen molar-refractivity contribution in [1.82, 2.24) is 0 Å². The highest BCUT2D eigenvalue weighted by molar-refractivity contribution is 5.91. The van der Waals surface area contributed by atoms with Crippen molar-refractivity contribution in [3.05, 3.63) is 89.0 Å². The molecule has 3 rings (SSSR count). The molecule has 0 amide bonds. The highest BCUT2D eigenvalue weighted by Crippen LogP contribution is 2.40. The molecule has 2 unspecified atom stereocenters. The molecule has 0 fully saturated rings. The van der Waals surface area contributed by atoms with Gasteiger partial charge >= 0.3 is 5.97 Å². The molecule has 0 radical (unpaired) electrons. The van der Waals surface area contributed by atoms with Gasteiger partial charge in [0.15, 0.2) is 0 Å². The lowest BCUT2D eigenvalue weighted by atomic mass is 9.81. The van der Waals surface area contributed by atoms with Gasteiger partial charge < -0.3 is 19.7 Å². The van der Waals surface area contributed by atoms with Crippen LogP contribution in [0.15, 0.2) is 66.7 Å². The van der Waals surface area contributed by atoms with E-state index in [2.05, 4.69) is 6.92 Å². The number of benzene rings is 3. The molecule has 0 saturated heterocycles. The van der Waals surface area contributed by atoms with Crippen LogP contribution in [0.25, 0.3) is 0 Å². The summed E-state index contributed by atoms with van der Waals surface area (Å²) in [6.45, 7) is 2.12. The van der Waals surface area contributed by atoms with Crippen molar-refractivity contribution in [1.29, 1.82) is 0 Å². The zero-order valence-electron chi connectivity index (χ0n) is 17.3. The van der Waals surface area contributed by atoms with E-state index in [1.54, 1.807) is 26.4 Å². The Bertz CT molecular complexity index is 993. The molecule has 30 heavy (non-hydrogen) atoms. The summed E-state index contributed by atoms with van der Waals surface area (Å²) in [5, 5.41) is 20.2. The van der Waals surface area contributed by atoms with Gasteiger partial charge in [-0.15, -0.1) is 0 Å². The molecule has 2 atom stereocenters. The summed E-state index contributed by atoms with van der Waals surface area (Å²) < 4.78 is 10.5. The molecule has 0 saturated carbocycles. The molecule has 5 nitrogen and oxygen atoms in total. The van der Waals surface area contributed by atoms with E-state index in [1.165, 1.54) is 6.07 Å². The maximum absolute atomic E-state index is 11.5. The average Bonchev–Trinajstić information content (AvgIpc) is 2.77. The lowest BCUT2D eigenvalue weighted by Crippen LogP contribution is -2.09. The molecular formula is C25H26O5. The van der Waals surface area contributed by atoms with E-state index < -0.39 is 5.97 Å². The number of carboxylic acids is 1. The summed E-state index contributed by atoms with van der Waals surface area (Å²) in [4.78, 5) is 11.5. The van der Waals surface area contributed by atoms with Crippen molar-refractivity contribution >= 4 is 5.97 Å². The van der Waals surface area contributed by atoms with Gasteiger partial charge in [0, 0.05) is 11.5 Å². The van der Waals surface area contributed by atoms with Crippen LogP contribution in [0, 0.1) is 0 Å². The zero-order chi connectivity index (χ0) is 21.7. The van der Waals surface area contributed by atoms with Crippen molar-refractivity contribution in [2.45, 2.75) is 25.2 Å². The summed E-state index contributed by atoms with van der Waals surface area (Å²) in [7, 11) is 3.25. The lowest BCUT2D eigenvalue weighted by molar-refractivity contribution is 0.0693. The molecule has 3 aromatic carbocycles. The summed E-state index contributed by atoms with van der Waals surface area (Å²) in [6, 6.07) is 20.5. The van der Waals surface area contributed by atoms with Gasteiger partial charge in [-0.2, -0.15) is 0 Å². The van der Waals surface area contributed by atoms with Crippen molar-refractivity contribution in [3.63, 3.8) is 0 Å². The summed E-state index contributed by atoms with van der Waals surface area (Å²) >= 11 is 0. The Morgan fingerprint density at radius 1 is 0.867 bits per heavy atom. The highest BCUT2D eigenvalue weighted by Gasteiger charge is 2.24. The summed E-state index contributed by atoms with van der Waals surface area (Å²) in [5.74, 6) is 0.177. The number of aromatic hydroxyl groups is 1. The molecular weight excluding hydrogens is 380 g/mol. The molecule has 0 heterocycles. The van der Waals surface area contributed by atoms with Gasteiger partial charge in [-0.3, -0.25) is 0 Å². The molecule has 2 N–H and O–H groups in total. The van der Waals surface area contributed by atoms with Crippen LogP contribution in [0.3, 0.4) is 0 Å². The molecule has 0 bridgehead atoms. The quantitative estimate of drug-likeness (QED) is 0.521. The van der Waals surface area contributed by atoms with E-state index in [0.717, 1.165) is 22.6 Å². The van der Waals surface area contributed by atoms with Gasteiger partial charge in [0.25, 0.3) is 0 Å². The van der Waals surface area contributed by atoms with Crippen LogP contribution in [0.1, 0.15) is 52.2 Å². The fraction of sp³-hybridized carbons (Fsp3) is 0.240. The average molecular weight is 406 g/mol. The fourth-order valence-corrected chi connectivity index (χ4v) is 3.72. The molecule has 156 valence electrons. The second-order valence-corrected chi connectivity index (χ2v) is 7.28. The largest absolute Gasteiger partial charge is 0.507 e. The summed E-state index contributed by atoms with van der Waals surface area (Å²) in [6.07, 6.45) is 0.690. The van der Waals surface area contributed by atoms with Gasteiger partial charge in [-0.1, -0.05) is 43.3 Å². The number of carboxylic acid groups (broad SMARTS) is 1. The van der Waals surface area contributed by atoms with Gasteiger partial charge in [0.1, 0.15) is 22.8 Å². The minimum atomic E-state index is -1.15. The minimum absolute atomic E-state index is 0.0943. The van der Waals surface area contributed by atoms with Crippen LogP contribution >= 0.6 is 0 Å². The Morgan fingerprint density at radius 3 is 1.90 bits per heavy atom. The molecule has 0 spiro atoms. The van der Waals surface area contributed by atoms with Crippen LogP contribution in [0.5, 0.6) is 17.2 Å². The first-order chi connectivity index (χ1) is 14.4. The summed E-state index contributed by atoms with van der Waals surface area (Å²) in [5.41, 5.74) is 2.63. The molecule has 0 aliphatic carbocycles. The van der Waals surface area contributed by atoms with E-state index >= 15 is 0 Å². The molecule has 3 aromatic rings. The standard InChI is InChI=1S/C25H26O5/c1-16(17-7-11-19(29-2)12-8-17)15-23(18-9-13-20(30-3)14-10-18)21-5-4-6-22(24(21)26)25(27)28/h4-14,16,23,26H,15H2,1-3H3,(H,27,28). The molecule has 5 heteroatoms. The first-order valence-corrected chi connectivity index (χ1v) is 9.77. The van der Waals surface area contributed by atoms with Crippen molar-refractivity contribution in [2.75, 3.05) is 14.2 Å². The number of carbonyl (C=O) groups is 1. The number of hydrogen-bond acceptors (Lipinski definition) is 4. The first kappa shape index (κ1) is 21.2. The number of phenols is 1. The number of para-hydroxylation sites is 1. The van der Waals surface area contributed by atoms with Crippen LogP contribution in [0.2, 0.25) is 0 Å². The number of aromatic carboxylic acids is 1. The number of hydrogen-bond donors (Lipinski definition) is 2. The predicted molar refractivity (Wildman–Crippen MR) is 116 cm³/mol. The van der Waals surface area contributed by atoms with E-state index in [4.69, 9.17) is 9.47 Å². The Labute approximate surface area is 176 Å². The van der Waals surface area contributed by atoms with Crippen molar-refractivity contribution in [3.8, 4) is 17.2 Å². The maximum atomic E-state index is 11.5. The van der Waals surface area contributed by atoms with Crippen LogP contribution < -0.4 is 9.47 Å². The first-order valence-electron chi connectivity index (χ1n) is 9.77. The van der Waals surface area contributed by atoms with Gasteiger partial charge in [0.05, 0.1) is 14.2 Å². The molecule has 0 aliphatic rings. The van der Waals surface area contributed by atoms with E-state index in [1.807, 2.05) is 48.5 Å². The normalized spacial score (nSPS) is 12.8. The minimum Gasteiger partial charge on any atom is -0.507 e. The SMILES string of the molecule is COc1ccc(C(C)CC(c2ccc(OC)cc2)c2cccc(C(=O)O)c2O)cc1. The molecule has 0 aromatic heterocycles. The Hall–Kier alpha value is -3.47. The van der Waals surface area contributed by atoms with E-state index in [9.17, 15) is 15.0 Å². The van der Waals surface area contributed by atoms with Gasteiger partial charge in [-0.25, -0.2) is 4.79 Å². The maximum Gasteiger partial charge on any atom is 0.339 e. The smallest absolute Gasteiger partial charge is 0.339 e. The second kappa shape index (κ2) is 9.35. The monoisotopic (exact) mass is 406 g/mol. The van der Waals surface area contributed by atoms with Crippen molar-refractivity contribution < 1.29 is 24.5 Å². The number of ether oxygens (including phenoxy) is 2. The lowest BCUT2D eigenvalue weighted by Gasteiger charge is -2.24. The number of rotatable bonds is 8. The van der Waals surface area contributed by atoms with Crippen molar-refractivity contribution in [2.24, 2.45) is 0 Å². The van der Waals surface area contributed by atoms with Crippen LogP contribution in [-0.2, 0) is 0 Å². The second-order valence-electron chi connectivity index (χ2n) is 7.28. The highest BCUT2D eigenvalue weighted by atomic mass is 16.5. The van der Waals surface area contributed by atoms with Gasteiger partial charge in [-0.05, 0) is 53.8 Å². The third-order valence-corrected chi connectivity index (χ3v) is 5.47. The van der Waals surface area contributed by atoms with E-state index in [-0.39, 0.29) is 23.1 Å². The Morgan fingerprint density at radius 2 is 1.40 bits per heavy atom. The van der Waals surface area contributed by atoms with Crippen LogP contribution in [-0.4, -0.2) is 30.4 Å². The van der Waals surface area contributed by atoms with Gasteiger partial charge in [0.2, 0.25) is 0 Å².